The van der Waals surface area contributed by atoms with Crippen LogP contribution in [0.15, 0.2) is 17.2 Å². The zero-order chi connectivity index (χ0) is 22.5. The third-order valence-electron chi connectivity index (χ3n) is 5.46. The van der Waals surface area contributed by atoms with Gasteiger partial charge in [0.25, 0.3) is 12.0 Å². The Hall–Kier alpha value is -3.70. The number of aryl methyl sites for hydroxylation is 1. The number of pyridine rings is 1. The predicted molar refractivity (Wildman–Crippen MR) is 105 cm³/mol. The topological polar surface area (TPSA) is 157 Å². The third kappa shape index (κ3) is 4.42. The SMILES string of the molecule is COC(=O)c1c(O)cc(=O)n2c1CCN(C(=O)C1CCc3ncnn3C1)CC2.O=CO. The van der Waals surface area contributed by atoms with Gasteiger partial charge in [0.15, 0.2) is 0 Å². The highest BCUT2D eigenvalue weighted by atomic mass is 16.5. The normalized spacial score (nSPS) is 17.3. The van der Waals surface area contributed by atoms with Crippen LogP contribution in [0.3, 0.4) is 0 Å². The van der Waals surface area contributed by atoms with Crippen LogP contribution in [0.25, 0.3) is 0 Å². The largest absolute Gasteiger partial charge is 0.507 e. The van der Waals surface area contributed by atoms with Crippen LogP contribution < -0.4 is 5.56 Å². The number of carboxylic acid groups (broad SMARTS) is 1. The molecule has 166 valence electrons. The van der Waals surface area contributed by atoms with Crippen LogP contribution in [0.2, 0.25) is 0 Å². The molecule has 12 heteroatoms. The van der Waals surface area contributed by atoms with Crippen molar-refractivity contribution in [3.05, 3.63) is 39.8 Å². The molecule has 0 fully saturated rings. The summed E-state index contributed by atoms with van der Waals surface area (Å²) in [6, 6.07) is 1.01. The van der Waals surface area contributed by atoms with Gasteiger partial charge in [0, 0.05) is 44.2 Å². The number of ether oxygens (including phenoxy) is 1. The van der Waals surface area contributed by atoms with Crippen LogP contribution in [0.1, 0.15) is 28.3 Å². The highest BCUT2D eigenvalue weighted by Crippen LogP contribution is 2.24. The van der Waals surface area contributed by atoms with Crippen LogP contribution in [0.5, 0.6) is 5.75 Å². The zero-order valence-electron chi connectivity index (χ0n) is 16.9. The Bertz CT molecular complexity index is 1040. The summed E-state index contributed by atoms with van der Waals surface area (Å²) < 4.78 is 7.95. The van der Waals surface area contributed by atoms with Gasteiger partial charge in [-0.05, 0) is 6.42 Å². The summed E-state index contributed by atoms with van der Waals surface area (Å²) in [4.78, 5) is 51.7. The number of rotatable bonds is 2. The van der Waals surface area contributed by atoms with Gasteiger partial charge in [-0.2, -0.15) is 5.10 Å². The van der Waals surface area contributed by atoms with Crippen molar-refractivity contribution in [2.24, 2.45) is 5.92 Å². The lowest BCUT2D eigenvalue weighted by Crippen LogP contribution is -2.41. The summed E-state index contributed by atoms with van der Waals surface area (Å²) in [5.74, 6) is -0.399. The molecule has 2 aliphatic heterocycles. The fraction of sp³-hybridized carbons (Fsp3) is 0.474. The minimum Gasteiger partial charge on any atom is -0.507 e. The lowest BCUT2D eigenvalue weighted by atomic mass is 9.98. The molecular weight excluding hydrogens is 410 g/mol. The van der Waals surface area contributed by atoms with E-state index < -0.39 is 17.3 Å². The van der Waals surface area contributed by atoms with E-state index in [1.165, 1.54) is 18.0 Å². The molecular formula is C19H23N5O7. The minimum atomic E-state index is -0.702. The Balaban J connectivity index is 0.000000858. The molecule has 2 aromatic heterocycles. The maximum atomic E-state index is 13.1. The second-order valence-corrected chi connectivity index (χ2v) is 7.11. The maximum Gasteiger partial charge on any atom is 0.343 e. The van der Waals surface area contributed by atoms with Crippen molar-refractivity contribution in [2.75, 3.05) is 20.2 Å². The van der Waals surface area contributed by atoms with E-state index in [9.17, 15) is 19.5 Å². The Morgan fingerprint density at radius 1 is 1.26 bits per heavy atom. The highest BCUT2D eigenvalue weighted by Gasteiger charge is 2.32. The van der Waals surface area contributed by atoms with Crippen LogP contribution >= 0.6 is 0 Å². The number of aromatic nitrogens is 4. The molecule has 0 aliphatic carbocycles. The quantitative estimate of drug-likeness (QED) is 0.461. The van der Waals surface area contributed by atoms with E-state index in [1.807, 2.05) is 0 Å². The molecule has 0 radical (unpaired) electrons. The molecule has 1 unspecified atom stereocenters. The second-order valence-electron chi connectivity index (χ2n) is 7.11. The number of esters is 1. The van der Waals surface area contributed by atoms with Gasteiger partial charge in [-0.25, -0.2) is 14.5 Å². The number of fused-ring (bicyclic) bond motifs is 2. The number of hydrogen-bond acceptors (Lipinski definition) is 8. The lowest BCUT2D eigenvalue weighted by molar-refractivity contribution is -0.136. The average Bonchev–Trinajstić information content (AvgIpc) is 3.11. The van der Waals surface area contributed by atoms with E-state index in [1.54, 1.807) is 9.58 Å². The standard InChI is InChI=1S/C18H21N5O5.CH2O2/c1-28-18(27)16-12-4-5-21(6-7-22(12)15(25)8-13(16)24)17(26)11-2-3-14-19-10-20-23(14)9-11;2-1-3/h8,10-11,24H,2-7,9H2,1H3;1H,(H,2,3). The molecule has 0 saturated heterocycles. The Morgan fingerprint density at radius 3 is 2.71 bits per heavy atom. The van der Waals surface area contributed by atoms with E-state index in [-0.39, 0.29) is 36.8 Å². The summed E-state index contributed by atoms with van der Waals surface area (Å²) in [6.07, 6.45) is 3.18. The summed E-state index contributed by atoms with van der Waals surface area (Å²) in [5.41, 5.74) is -0.0185. The maximum absolute atomic E-state index is 13.1. The van der Waals surface area contributed by atoms with E-state index >= 15 is 0 Å². The monoisotopic (exact) mass is 433 g/mol. The van der Waals surface area contributed by atoms with Crippen LogP contribution in [0, 0.1) is 5.92 Å². The molecule has 2 N–H and O–H groups in total. The summed E-state index contributed by atoms with van der Waals surface area (Å²) in [6.45, 7) is 1.21. The molecule has 2 aromatic rings. The number of nitrogens with zero attached hydrogens (tertiary/aromatic N) is 5. The Kier molecular flexibility index (Phi) is 6.68. The molecule has 0 saturated carbocycles. The van der Waals surface area contributed by atoms with E-state index in [0.717, 1.165) is 11.9 Å². The van der Waals surface area contributed by atoms with Crippen LogP contribution in [-0.2, 0) is 40.3 Å². The minimum absolute atomic E-state index is 0.00541. The Labute approximate surface area is 176 Å². The molecule has 1 atom stereocenters. The first-order chi connectivity index (χ1) is 14.9. The van der Waals surface area contributed by atoms with Crippen molar-refractivity contribution < 1.29 is 29.3 Å². The summed E-state index contributed by atoms with van der Waals surface area (Å²) in [5, 5.41) is 21.1. The van der Waals surface area contributed by atoms with Gasteiger partial charge in [-0.3, -0.25) is 14.4 Å². The Morgan fingerprint density at radius 2 is 2.00 bits per heavy atom. The average molecular weight is 433 g/mol. The molecule has 4 heterocycles. The molecule has 2 aliphatic rings. The number of carbonyl (C=O) groups is 3. The van der Waals surface area contributed by atoms with Crippen molar-refractivity contribution in [1.29, 1.82) is 0 Å². The molecule has 4 rings (SSSR count). The third-order valence-corrected chi connectivity index (χ3v) is 5.46. The van der Waals surface area contributed by atoms with Crippen molar-refractivity contribution in [3.8, 4) is 5.75 Å². The van der Waals surface area contributed by atoms with Gasteiger partial charge >= 0.3 is 5.97 Å². The van der Waals surface area contributed by atoms with Gasteiger partial charge in [-0.15, -0.1) is 0 Å². The number of amides is 1. The van der Waals surface area contributed by atoms with Crippen LogP contribution in [0.4, 0.5) is 0 Å². The molecule has 1 amide bonds. The second kappa shape index (κ2) is 9.41. The predicted octanol–water partition coefficient (Wildman–Crippen LogP) is -0.720. The number of aromatic hydroxyl groups is 1. The molecule has 0 bridgehead atoms. The van der Waals surface area contributed by atoms with Crippen molar-refractivity contribution >= 4 is 18.3 Å². The highest BCUT2D eigenvalue weighted by molar-refractivity contribution is 5.93. The van der Waals surface area contributed by atoms with Gasteiger partial charge in [0.05, 0.1) is 19.6 Å². The first kappa shape index (κ1) is 22.0. The molecule has 0 spiro atoms. The van der Waals surface area contributed by atoms with Gasteiger partial charge < -0.3 is 24.4 Å². The van der Waals surface area contributed by atoms with E-state index in [0.29, 0.717) is 38.2 Å². The zero-order valence-corrected chi connectivity index (χ0v) is 16.9. The van der Waals surface area contributed by atoms with Crippen molar-refractivity contribution in [1.82, 2.24) is 24.2 Å². The number of hydrogen-bond donors (Lipinski definition) is 2. The number of methoxy groups -OCH3 is 1. The summed E-state index contributed by atoms with van der Waals surface area (Å²) in [7, 11) is 1.22. The van der Waals surface area contributed by atoms with E-state index in [2.05, 4.69) is 10.1 Å². The first-order valence-electron chi connectivity index (χ1n) is 9.68. The summed E-state index contributed by atoms with van der Waals surface area (Å²) >= 11 is 0. The fourth-order valence-corrected chi connectivity index (χ4v) is 4.00. The van der Waals surface area contributed by atoms with Crippen molar-refractivity contribution in [3.63, 3.8) is 0 Å². The van der Waals surface area contributed by atoms with Gasteiger partial charge in [-0.1, -0.05) is 0 Å². The van der Waals surface area contributed by atoms with Gasteiger partial charge in [0.1, 0.15) is 23.5 Å². The van der Waals surface area contributed by atoms with Crippen LogP contribution in [-0.4, -0.2) is 73.0 Å². The van der Waals surface area contributed by atoms with E-state index in [4.69, 9.17) is 14.6 Å². The molecule has 31 heavy (non-hydrogen) atoms. The van der Waals surface area contributed by atoms with Gasteiger partial charge in [0.2, 0.25) is 5.91 Å². The molecule has 12 nitrogen and oxygen atoms in total. The first-order valence-corrected chi connectivity index (χ1v) is 9.68. The fourth-order valence-electron chi connectivity index (χ4n) is 4.00. The smallest absolute Gasteiger partial charge is 0.343 e. The number of carbonyl (C=O) groups excluding carboxylic acids is 2. The molecule has 0 aromatic carbocycles. The lowest BCUT2D eigenvalue weighted by Gasteiger charge is -2.28. The van der Waals surface area contributed by atoms with Crippen molar-refractivity contribution in [2.45, 2.75) is 32.4 Å².